The highest BCUT2D eigenvalue weighted by molar-refractivity contribution is 6.00. The SMILES string of the molecule is O=C(Cn1ccccc1=O)N1CCCC2(CCN(c3cccnc3)C2=O)C1. The average Bonchev–Trinajstić information content (AvgIpc) is 3.00. The van der Waals surface area contributed by atoms with Crippen LogP contribution in [0.4, 0.5) is 5.69 Å². The van der Waals surface area contributed by atoms with Crippen molar-refractivity contribution in [3.05, 3.63) is 59.3 Å². The van der Waals surface area contributed by atoms with Crippen LogP contribution in [0.3, 0.4) is 0 Å². The number of anilines is 1. The van der Waals surface area contributed by atoms with Gasteiger partial charge in [-0.25, -0.2) is 0 Å². The molecule has 2 aromatic heterocycles. The van der Waals surface area contributed by atoms with Crippen LogP contribution in [0.5, 0.6) is 0 Å². The molecule has 0 N–H and O–H groups in total. The standard InChI is InChI=1S/C20H22N4O3/c25-17-6-1-2-10-22(17)14-18(26)23-11-4-7-20(15-23)8-12-24(19(20)27)16-5-3-9-21-13-16/h1-3,5-6,9-10,13H,4,7-8,11-12,14-15H2. The summed E-state index contributed by atoms with van der Waals surface area (Å²) in [6, 6.07) is 8.54. The second-order valence-electron chi connectivity index (χ2n) is 7.28. The molecular formula is C20H22N4O3. The number of pyridine rings is 2. The van der Waals surface area contributed by atoms with E-state index in [0.29, 0.717) is 19.6 Å². The molecule has 1 unspecified atom stereocenters. The van der Waals surface area contributed by atoms with Gasteiger partial charge in [-0.15, -0.1) is 0 Å². The van der Waals surface area contributed by atoms with E-state index < -0.39 is 5.41 Å². The van der Waals surface area contributed by atoms with E-state index in [-0.39, 0.29) is 23.9 Å². The van der Waals surface area contributed by atoms with E-state index in [0.717, 1.165) is 24.9 Å². The number of nitrogens with zero attached hydrogens (tertiary/aromatic N) is 4. The second kappa shape index (κ2) is 6.98. The highest BCUT2D eigenvalue weighted by Crippen LogP contribution is 2.41. The van der Waals surface area contributed by atoms with Gasteiger partial charge in [0.1, 0.15) is 6.54 Å². The molecular weight excluding hydrogens is 344 g/mol. The van der Waals surface area contributed by atoms with Crippen LogP contribution >= 0.6 is 0 Å². The Kier molecular flexibility index (Phi) is 4.51. The van der Waals surface area contributed by atoms with Gasteiger partial charge in [0.15, 0.2) is 0 Å². The van der Waals surface area contributed by atoms with Crippen molar-refractivity contribution in [1.82, 2.24) is 14.5 Å². The number of hydrogen-bond acceptors (Lipinski definition) is 4. The number of rotatable bonds is 3. The summed E-state index contributed by atoms with van der Waals surface area (Å²) in [7, 11) is 0. The van der Waals surface area contributed by atoms with Gasteiger partial charge in [0.25, 0.3) is 5.56 Å². The fraction of sp³-hybridized carbons (Fsp3) is 0.400. The van der Waals surface area contributed by atoms with Gasteiger partial charge in [-0.2, -0.15) is 0 Å². The lowest BCUT2D eigenvalue weighted by molar-refractivity contribution is -0.139. The van der Waals surface area contributed by atoms with Gasteiger partial charge in [0.2, 0.25) is 11.8 Å². The van der Waals surface area contributed by atoms with Crippen molar-refractivity contribution < 1.29 is 9.59 Å². The fourth-order valence-corrected chi connectivity index (χ4v) is 4.14. The summed E-state index contributed by atoms with van der Waals surface area (Å²) in [6.45, 7) is 1.70. The Morgan fingerprint density at radius 3 is 2.78 bits per heavy atom. The van der Waals surface area contributed by atoms with Crippen LogP contribution in [-0.4, -0.2) is 45.9 Å². The van der Waals surface area contributed by atoms with Crippen LogP contribution in [0.25, 0.3) is 0 Å². The van der Waals surface area contributed by atoms with Gasteiger partial charge >= 0.3 is 0 Å². The first-order chi connectivity index (χ1) is 13.1. The number of piperidine rings is 1. The smallest absolute Gasteiger partial charge is 0.250 e. The molecule has 2 aliphatic heterocycles. The van der Waals surface area contributed by atoms with Crippen molar-refractivity contribution in [2.24, 2.45) is 5.41 Å². The molecule has 140 valence electrons. The van der Waals surface area contributed by atoms with E-state index >= 15 is 0 Å². The number of carbonyl (C=O) groups is 2. The van der Waals surface area contributed by atoms with E-state index in [9.17, 15) is 14.4 Å². The number of carbonyl (C=O) groups excluding carboxylic acids is 2. The second-order valence-corrected chi connectivity index (χ2v) is 7.28. The zero-order valence-corrected chi connectivity index (χ0v) is 15.1. The summed E-state index contributed by atoms with van der Waals surface area (Å²) in [5, 5.41) is 0. The van der Waals surface area contributed by atoms with Crippen molar-refractivity contribution in [1.29, 1.82) is 0 Å². The van der Waals surface area contributed by atoms with E-state index in [1.807, 2.05) is 12.1 Å². The van der Waals surface area contributed by atoms with Crippen LogP contribution in [0.2, 0.25) is 0 Å². The first-order valence-electron chi connectivity index (χ1n) is 9.24. The van der Waals surface area contributed by atoms with Gasteiger partial charge in [0.05, 0.1) is 17.3 Å². The van der Waals surface area contributed by atoms with Crippen LogP contribution < -0.4 is 10.5 Å². The largest absolute Gasteiger partial charge is 0.340 e. The minimum atomic E-state index is -0.522. The lowest BCUT2D eigenvalue weighted by atomic mass is 9.78. The Morgan fingerprint density at radius 1 is 1.11 bits per heavy atom. The average molecular weight is 366 g/mol. The Bertz CT molecular complexity index is 911. The molecule has 7 heteroatoms. The molecule has 1 atom stereocenters. The zero-order chi connectivity index (χ0) is 18.9. The lowest BCUT2D eigenvalue weighted by Gasteiger charge is -2.39. The number of amides is 2. The monoisotopic (exact) mass is 366 g/mol. The maximum Gasteiger partial charge on any atom is 0.250 e. The zero-order valence-electron chi connectivity index (χ0n) is 15.1. The van der Waals surface area contributed by atoms with E-state index in [1.165, 1.54) is 10.6 Å². The number of aromatic nitrogens is 2. The van der Waals surface area contributed by atoms with Gasteiger partial charge in [-0.3, -0.25) is 19.4 Å². The van der Waals surface area contributed by atoms with Gasteiger partial charge in [0, 0.05) is 38.1 Å². The molecule has 0 aliphatic carbocycles. The van der Waals surface area contributed by atoms with Crippen LogP contribution in [0.15, 0.2) is 53.7 Å². The maximum atomic E-state index is 13.2. The number of hydrogen-bond donors (Lipinski definition) is 0. The lowest BCUT2D eigenvalue weighted by Crippen LogP contribution is -2.51. The third kappa shape index (κ3) is 3.25. The first-order valence-corrected chi connectivity index (χ1v) is 9.24. The molecule has 1 spiro atoms. The molecule has 2 aliphatic rings. The quantitative estimate of drug-likeness (QED) is 0.820. The molecule has 0 aromatic carbocycles. The van der Waals surface area contributed by atoms with E-state index in [1.54, 1.807) is 40.5 Å². The fourth-order valence-electron chi connectivity index (χ4n) is 4.14. The van der Waals surface area contributed by atoms with Gasteiger partial charge in [-0.05, 0) is 37.5 Å². The molecule has 2 amide bonds. The Labute approximate surface area is 157 Å². The van der Waals surface area contributed by atoms with E-state index in [4.69, 9.17) is 0 Å². The normalized spacial score (nSPS) is 22.4. The van der Waals surface area contributed by atoms with Gasteiger partial charge in [-0.1, -0.05) is 6.07 Å². The highest BCUT2D eigenvalue weighted by atomic mass is 16.2. The van der Waals surface area contributed by atoms with Crippen LogP contribution in [0, 0.1) is 5.41 Å². The summed E-state index contributed by atoms with van der Waals surface area (Å²) >= 11 is 0. The summed E-state index contributed by atoms with van der Waals surface area (Å²) in [4.78, 5) is 45.4. The van der Waals surface area contributed by atoms with Crippen molar-refractivity contribution in [3.63, 3.8) is 0 Å². The Hall–Kier alpha value is -2.96. The summed E-state index contributed by atoms with van der Waals surface area (Å²) < 4.78 is 1.40. The molecule has 2 aromatic rings. The molecule has 4 heterocycles. The predicted molar refractivity (Wildman–Crippen MR) is 100 cm³/mol. The molecule has 0 radical (unpaired) electrons. The predicted octanol–water partition coefficient (Wildman–Crippen LogP) is 1.29. The van der Waals surface area contributed by atoms with E-state index in [2.05, 4.69) is 4.98 Å². The minimum Gasteiger partial charge on any atom is -0.340 e. The summed E-state index contributed by atoms with van der Waals surface area (Å²) in [6.07, 6.45) is 7.32. The summed E-state index contributed by atoms with van der Waals surface area (Å²) in [5.41, 5.74) is 0.0849. The molecule has 2 saturated heterocycles. The van der Waals surface area contributed by atoms with Crippen LogP contribution in [-0.2, 0) is 16.1 Å². The first kappa shape index (κ1) is 17.5. The van der Waals surface area contributed by atoms with Crippen molar-refractivity contribution in [2.45, 2.75) is 25.8 Å². The van der Waals surface area contributed by atoms with Crippen molar-refractivity contribution in [2.75, 3.05) is 24.5 Å². The molecule has 4 rings (SSSR count). The third-order valence-electron chi connectivity index (χ3n) is 5.60. The number of likely N-dealkylation sites (tertiary alicyclic amines) is 1. The Morgan fingerprint density at radius 2 is 2.00 bits per heavy atom. The highest BCUT2D eigenvalue weighted by Gasteiger charge is 2.50. The van der Waals surface area contributed by atoms with Gasteiger partial charge < -0.3 is 14.4 Å². The summed E-state index contributed by atoms with van der Waals surface area (Å²) in [5.74, 6) is -0.0418. The van der Waals surface area contributed by atoms with Crippen LogP contribution in [0.1, 0.15) is 19.3 Å². The minimum absolute atomic E-state index is 0.0102. The third-order valence-corrected chi connectivity index (χ3v) is 5.60. The topological polar surface area (TPSA) is 75.5 Å². The molecule has 7 nitrogen and oxygen atoms in total. The molecule has 0 saturated carbocycles. The molecule has 0 bridgehead atoms. The molecule has 2 fully saturated rings. The van der Waals surface area contributed by atoms with Crippen molar-refractivity contribution in [3.8, 4) is 0 Å². The maximum absolute atomic E-state index is 13.2. The Balaban J connectivity index is 1.49. The molecule has 27 heavy (non-hydrogen) atoms. The van der Waals surface area contributed by atoms with Crippen molar-refractivity contribution >= 4 is 17.5 Å².